The Bertz CT molecular complexity index is 1550. The molecule has 9 heteroatoms. The molecule has 0 aromatic rings. The lowest BCUT2D eigenvalue weighted by atomic mass is 9.99. The van der Waals surface area contributed by atoms with Gasteiger partial charge in [0.2, 0.25) is 5.91 Å². The van der Waals surface area contributed by atoms with Crippen molar-refractivity contribution in [2.75, 3.05) is 13.2 Å². The van der Waals surface area contributed by atoms with Crippen molar-refractivity contribution in [2.24, 2.45) is 0 Å². The van der Waals surface area contributed by atoms with Crippen LogP contribution in [0.5, 0.6) is 0 Å². The quantitative estimate of drug-likeness (QED) is 0.0261. The smallest absolute Gasteiger partial charge is 0.220 e. The first-order valence-electron chi connectivity index (χ1n) is 39.4. The van der Waals surface area contributed by atoms with E-state index in [0.29, 0.717) is 6.42 Å². The predicted octanol–water partition coefficient (Wildman–Crippen LogP) is 22.3. The Morgan fingerprint density at radius 3 is 0.978 bits per heavy atom. The van der Waals surface area contributed by atoms with Gasteiger partial charge in [0, 0.05) is 6.42 Å². The highest BCUT2D eigenvalue weighted by atomic mass is 16.7. The van der Waals surface area contributed by atoms with E-state index in [0.717, 1.165) is 51.4 Å². The van der Waals surface area contributed by atoms with Gasteiger partial charge in [-0.15, -0.1) is 0 Å². The maximum absolute atomic E-state index is 13.2. The van der Waals surface area contributed by atoms with Crippen LogP contribution in [0.15, 0.2) is 48.6 Å². The second kappa shape index (κ2) is 69.0. The molecule has 0 saturated carbocycles. The van der Waals surface area contributed by atoms with E-state index in [4.69, 9.17) is 9.47 Å². The van der Waals surface area contributed by atoms with Gasteiger partial charge in [0.15, 0.2) is 6.29 Å². The van der Waals surface area contributed by atoms with Crippen LogP contribution < -0.4 is 5.32 Å². The molecule has 9 nitrogen and oxygen atoms in total. The molecular weight excluding hydrogens is 1100 g/mol. The largest absolute Gasteiger partial charge is 0.394 e. The molecule has 0 aromatic carbocycles. The lowest BCUT2D eigenvalue weighted by Gasteiger charge is -2.40. The fourth-order valence-corrected chi connectivity index (χ4v) is 12.8. The number of hydrogen-bond donors (Lipinski definition) is 6. The monoisotopic (exact) mass is 1250 g/mol. The van der Waals surface area contributed by atoms with Crippen molar-refractivity contribution in [3.8, 4) is 0 Å². The van der Waals surface area contributed by atoms with Gasteiger partial charge in [-0.2, -0.15) is 0 Å². The van der Waals surface area contributed by atoms with E-state index >= 15 is 0 Å². The number of carbonyl (C=O) groups is 1. The minimum absolute atomic E-state index is 0.168. The molecule has 0 bridgehead atoms. The molecule has 89 heavy (non-hydrogen) atoms. The first-order valence-corrected chi connectivity index (χ1v) is 39.4. The zero-order chi connectivity index (χ0) is 64.2. The van der Waals surface area contributed by atoms with Crippen LogP contribution in [0.1, 0.15) is 399 Å². The van der Waals surface area contributed by atoms with E-state index in [1.165, 1.54) is 327 Å². The van der Waals surface area contributed by atoms with Crippen molar-refractivity contribution in [1.29, 1.82) is 0 Å². The summed E-state index contributed by atoms with van der Waals surface area (Å²) in [5, 5.41) is 54.9. The highest BCUT2D eigenvalue weighted by molar-refractivity contribution is 5.76. The maximum atomic E-state index is 13.2. The third kappa shape index (κ3) is 57.3. The number of hydrogen-bond acceptors (Lipinski definition) is 8. The van der Waals surface area contributed by atoms with Crippen LogP contribution in [-0.2, 0) is 14.3 Å². The molecule has 1 fully saturated rings. The molecule has 1 amide bonds. The standard InChI is InChI=1S/C80H151NO8/c1-3-5-7-9-11-13-15-17-19-21-23-25-27-29-31-32-33-34-35-36-37-38-39-40-41-42-44-46-48-50-52-54-56-58-60-62-64-66-68-70-76(84)81-73(72-88-80-79(87)78(86)77(85)75(71-82)89-80)74(83)69-67-65-63-61-59-57-55-53-51-49-47-45-43-30-28-26-24-22-20-18-16-14-12-10-8-6-4-2/h15,17,21,23,27,29,67,69,73-75,77-80,82-83,85-87H,3-14,16,18-20,22,24-26,28,30-66,68,70-72H2,1-2H3,(H,81,84)/b17-15-,23-21-,29-27-,69-67+. The summed E-state index contributed by atoms with van der Waals surface area (Å²) in [5.41, 5.74) is 0. The lowest BCUT2D eigenvalue weighted by Crippen LogP contribution is -2.60. The number of nitrogens with one attached hydrogen (secondary N) is 1. The molecule has 7 unspecified atom stereocenters. The Balaban J connectivity index is 2.06. The molecule has 1 rings (SSSR count). The normalized spacial score (nSPS) is 18.0. The average Bonchev–Trinajstić information content (AvgIpc) is 2.42. The van der Waals surface area contributed by atoms with Crippen LogP contribution in [0.3, 0.4) is 0 Å². The van der Waals surface area contributed by atoms with E-state index < -0.39 is 49.5 Å². The SMILES string of the molecule is CCCCCCC/C=C\C/C=C\C/C=C\CCCCCCCCCCCCCCCCCCCCCCCCCCC(=O)NC(COC1OC(CO)C(O)C(O)C1O)C(O)/C=C/CCCCCCCCCCCCCCCCCCCCCCCCCCC. The summed E-state index contributed by atoms with van der Waals surface area (Å²) < 4.78 is 11.3. The third-order valence-electron chi connectivity index (χ3n) is 18.9. The number of rotatable bonds is 70. The third-order valence-corrected chi connectivity index (χ3v) is 18.9. The zero-order valence-electron chi connectivity index (χ0n) is 59.0. The Morgan fingerprint density at radius 1 is 0.382 bits per heavy atom. The van der Waals surface area contributed by atoms with Crippen molar-refractivity contribution < 1.29 is 39.8 Å². The van der Waals surface area contributed by atoms with Crippen molar-refractivity contribution in [1.82, 2.24) is 5.32 Å². The number of allylic oxidation sites excluding steroid dienone is 7. The van der Waals surface area contributed by atoms with E-state index in [1.807, 2.05) is 6.08 Å². The first-order chi connectivity index (χ1) is 43.8. The molecule has 1 saturated heterocycles. The van der Waals surface area contributed by atoms with Gasteiger partial charge in [-0.05, 0) is 57.8 Å². The Labute approximate surface area is 552 Å². The van der Waals surface area contributed by atoms with Gasteiger partial charge in [-0.3, -0.25) is 4.79 Å². The summed E-state index contributed by atoms with van der Waals surface area (Å²) in [6.07, 6.45) is 88.2. The molecule has 0 aliphatic carbocycles. The van der Waals surface area contributed by atoms with Crippen LogP contribution in [-0.4, -0.2) is 87.5 Å². The topological polar surface area (TPSA) is 149 Å². The summed E-state index contributed by atoms with van der Waals surface area (Å²) in [6, 6.07) is -0.806. The molecule has 1 heterocycles. The van der Waals surface area contributed by atoms with Gasteiger partial charge in [-0.25, -0.2) is 0 Å². The summed E-state index contributed by atoms with van der Waals surface area (Å²) >= 11 is 0. The number of unbranched alkanes of at least 4 members (excludes halogenated alkanes) is 54. The maximum Gasteiger partial charge on any atom is 0.220 e. The van der Waals surface area contributed by atoms with Gasteiger partial charge in [-0.1, -0.05) is 383 Å². The molecule has 0 radical (unpaired) electrons. The molecule has 7 atom stereocenters. The highest BCUT2D eigenvalue weighted by Gasteiger charge is 2.44. The second-order valence-electron chi connectivity index (χ2n) is 27.5. The molecule has 524 valence electrons. The summed E-state index contributed by atoms with van der Waals surface area (Å²) in [5.74, 6) is -0.168. The predicted molar refractivity (Wildman–Crippen MR) is 383 cm³/mol. The van der Waals surface area contributed by atoms with Crippen molar-refractivity contribution >= 4 is 5.91 Å². The van der Waals surface area contributed by atoms with E-state index in [9.17, 15) is 30.3 Å². The van der Waals surface area contributed by atoms with E-state index in [-0.39, 0.29) is 12.5 Å². The zero-order valence-corrected chi connectivity index (χ0v) is 59.0. The Kier molecular flexibility index (Phi) is 66.0. The van der Waals surface area contributed by atoms with Gasteiger partial charge < -0.3 is 40.3 Å². The van der Waals surface area contributed by atoms with Gasteiger partial charge in [0.25, 0.3) is 0 Å². The minimum Gasteiger partial charge on any atom is -0.394 e. The number of amides is 1. The number of carbonyl (C=O) groups excluding carboxylic acids is 1. The summed E-state index contributed by atoms with van der Waals surface area (Å²) in [7, 11) is 0. The number of aliphatic hydroxyl groups excluding tert-OH is 5. The van der Waals surface area contributed by atoms with Crippen molar-refractivity contribution in [2.45, 2.75) is 442 Å². The average molecular weight is 1260 g/mol. The molecule has 0 aromatic heterocycles. The van der Waals surface area contributed by atoms with Gasteiger partial charge >= 0.3 is 0 Å². The van der Waals surface area contributed by atoms with E-state index in [1.54, 1.807) is 6.08 Å². The molecule has 1 aliphatic rings. The van der Waals surface area contributed by atoms with Crippen LogP contribution in [0, 0.1) is 0 Å². The Hall–Kier alpha value is -1.85. The van der Waals surface area contributed by atoms with Crippen molar-refractivity contribution in [3.63, 3.8) is 0 Å². The number of aliphatic hydroxyl groups is 5. The van der Waals surface area contributed by atoms with Crippen LogP contribution in [0.2, 0.25) is 0 Å². The van der Waals surface area contributed by atoms with Crippen molar-refractivity contribution in [3.05, 3.63) is 48.6 Å². The summed E-state index contributed by atoms with van der Waals surface area (Å²) in [4.78, 5) is 13.2. The lowest BCUT2D eigenvalue weighted by molar-refractivity contribution is -0.302. The van der Waals surface area contributed by atoms with Crippen LogP contribution in [0.25, 0.3) is 0 Å². The molecular formula is C80H151NO8. The minimum atomic E-state index is -1.57. The van der Waals surface area contributed by atoms with Gasteiger partial charge in [0.05, 0.1) is 25.4 Å². The van der Waals surface area contributed by atoms with Crippen LogP contribution >= 0.6 is 0 Å². The fourth-order valence-electron chi connectivity index (χ4n) is 12.8. The highest BCUT2D eigenvalue weighted by Crippen LogP contribution is 2.24. The second-order valence-corrected chi connectivity index (χ2v) is 27.5. The summed E-state index contributed by atoms with van der Waals surface area (Å²) in [6.45, 7) is 3.83. The van der Waals surface area contributed by atoms with E-state index in [2.05, 4.69) is 55.6 Å². The van der Waals surface area contributed by atoms with Gasteiger partial charge in [0.1, 0.15) is 24.4 Å². The van der Waals surface area contributed by atoms with Crippen LogP contribution in [0.4, 0.5) is 0 Å². The molecule has 6 N–H and O–H groups in total. The Morgan fingerprint density at radius 2 is 0.663 bits per heavy atom. The molecule has 0 spiro atoms. The fraction of sp³-hybridized carbons (Fsp3) is 0.887. The number of ether oxygens (including phenoxy) is 2. The first kappa shape index (κ1) is 85.2. The molecule has 1 aliphatic heterocycles.